The van der Waals surface area contributed by atoms with E-state index in [0.717, 1.165) is 62.4 Å². The quantitative estimate of drug-likeness (QED) is 0.851. The molecule has 1 amide bonds. The van der Waals surface area contributed by atoms with Crippen LogP contribution >= 0.6 is 0 Å². The van der Waals surface area contributed by atoms with Crippen LogP contribution in [0.3, 0.4) is 0 Å². The van der Waals surface area contributed by atoms with Crippen LogP contribution in [0.5, 0.6) is 0 Å². The van der Waals surface area contributed by atoms with E-state index in [0.29, 0.717) is 0 Å². The van der Waals surface area contributed by atoms with Crippen molar-refractivity contribution in [3.63, 3.8) is 0 Å². The van der Waals surface area contributed by atoms with E-state index in [1.54, 1.807) is 0 Å². The molecule has 1 aliphatic heterocycles. The number of morpholine rings is 1. The lowest BCUT2D eigenvalue weighted by molar-refractivity contribution is -0.0361. The topological polar surface area (TPSA) is 41.6 Å². The Morgan fingerprint density at radius 2 is 1.64 bits per heavy atom. The van der Waals surface area contributed by atoms with Crippen molar-refractivity contribution in [3.05, 3.63) is 60.2 Å². The van der Waals surface area contributed by atoms with Gasteiger partial charge in [0.05, 0.1) is 13.2 Å². The number of carbonyl (C=O) groups is 1. The van der Waals surface area contributed by atoms with Gasteiger partial charge in [0.25, 0.3) is 5.91 Å². The predicted molar refractivity (Wildman–Crippen MR) is 112 cm³/mol. The Balaban J connectivity index is 1.46. The smallest absolute Gasteiger partial charge is 0.251 e. The van der Waals surface area contributed by atoms with Crippen LogP contribution in [0.25, 0.3) is 11.1 Å². The van der Waals surface area contributed by atoms with Gasteiger partial charge in [0.2, 0.25) is 0 Å². The molecule has 2 aromatic rings. The van der Waals surface area contributed by atoms with Crippen LogP contribution in [0.4, 0.5) is 0 Å². The number of amides is 1. The summed E-state index contributed by atoms with van der Waals surface area (Å²) < 4.78 is 5.56. The number of benzene rings is 2. The second-order valence-corrected chi connectivity index (χ2v) is 8.01. The van der Waals surface area contributed by atoms with Crippen LogP contribution < -0.4 is 5.32 Å². The number of ether oxygens (including phenoxy) is 1. The molecule has 1 aliphatic carbocycles. The van der Waals surface area contributed by atoms with E-state index in [1.807, 2.05) is 36.4 Å². The first-order valence-corrected chi connectivity index (χ1v) is 10.5. The highest BCUT2D eigenvalue weighted by atomic mass is 16.5. The fourth-order valence-corrected chi connectivity index (χ4v) is 4.67. The summed E-state index contributed by atoms with van der Waals surface area (Å²) in [5, 5.41) is 3.26. The third-order valence-corrected chi connectivity index (χ3v) is 6.28. The van der Waals surface area contributed by atoms with Crippen molar-refractivity contribution in [1.29, 1.82) is 0 Å². The minimum Gasteiger partial charge on any atom is -0.379 e. The highest BCUT2D eigenvalue weighted by molar-refractivity contribution is 5.95. The van der Waals surface area contributed by atoms with Crippen LogP contribution in [0.2, 0.25) is 0 Å². The second-order valence-electron chi connectivity index (χ2n) is 8.01. The predicted octanol–water partition coefficient (Wildman–Crippen LogP) is 4.12. The molecule has 2 aromatic carbocycles. The van der Waals surface area contributed by atoms with Gasteiger partial charge in [-0.1, -0.05) is 61.7 Å². The van der Waals surface area contributed by atoms with Crippen molar-refractivity contribution in [2.45, 2.75) is 37.6 Å². The summed E-state index contributed by atoms with van der Waals surface area (Å²) >= 11 is 0. The summed E-state index contributed by atoms with van der Waals surface area (Å²) in [6.45, 7) is 4.27. The Hall–Kier alpha value is -2.17. The molecular formula is C24H30N2O2. The van der Waals surface area contributed by atoms with Crippen molar-refractivity contribution in [1.82, 2.24) is 10.2 Å². The van der Waals surface area contributed by atoms with Gasteiger partial charge in [-0.2, -0.15) is 0 Å². The van der Waals surface area contributed by atoms with Gasteiger partial charge >= 0.3 is 0 Å². The standard InChI is InChI=1S/C24H30N2O2/c27-23(22-11-7-10-21(18-22)20-8-3-1-4-9-20)25-19-24(12-5-2-6-13-24)26-14-16-28-17-15-26/h1,3-4,7-11,18H,2,5-6,12-17,19H2,(H,25,27). The SMILES string of the molecule is O=C(NCC1(N2CCOCC2)CCCCC1)c1cccc(-c2ccccc2)c1. The van der Waals surface area contributed by atoms with E-state index in [4.69, 9.17) is 4.74 Å². The van der Waals surface area contributed by atoms with Crippen molar-refractivity contribution in [2.75, 3.05) is 32.8 Å². The molecule has 0 bridgehead atoms. The maximum Gasteiger partial charge on any atom is 0.251 e. The first-order chi connectivity index (χ1) is 13.8. The molecule has 2 aliphatic rings. The molecule has 0 unspecified atom stereocenters. The first kappa shape index (κ1) is 19.2. The fraction of sp³-hybridized carbons (Fsp3) is 0.458. The van der Waals surface area contributed by atoms with Crippen molar-refractivity contribution >= 4 is 5.91 Å². The summed E-state index contributed by atoms with van der Waals surface area (Å²) in [6.07, 6.45) is 6.13. The summed E-state index contributed by atoms with van der Waals surface area (Å²) in [7, 11) is 0. The molecule has 148 valence electrons. The fourth-order valence-electron chi connectivity index (χ4n) is 4.67. The zero-order valence-corrected chi connectivity index (χ0v) is 16.5. The molecule has 1 N–H and O–H groups in total. The Kier molecular flexibility index (Phi) is 6.08. The van der Waals surface area contributed by atoms with Gasteiger partial charge in [0.1, 0.15) is 0 Å². The van der Waals surface area contributed by atoms with Gasteiger partial charge in [-0.05, 0) is 36.1 Å². The molecule has 2 fully saturated rings. The van der Waals surface area contributed by atoms with Crippen molar-refractivity contribution in [3.8, 4) is 11.1 Å². The second kappa shape index (κ2) is 8.89. The number of hydrogen-bond acceptors (Lipinski definition) is 3. The highest BCUT2D eigenvalue weighted by Crippen LogP contribution is 2.34. The van der Waals surface area contributed by atoms with Gasteiger partial charge in [-0.25, -0.2) is 0 Å². The molecule has 1 heterocycles. The molecule has 0 spiro atoms. The normalized spacial score (nSPS) is 19.9. The largest absolute Gasteiger partial charge is 0.379 e. The third kappa shape index (κ3) is 4.29. The molecule has 0 radical (unpaired) electrons. The van der Waals surface area contributed by atoms with E-state index >= 15 is 0 Å². The van der Waals surface area contributed by atoms with E-state index < -0.39 is 0 Å². The zero-order chi connectivity index (χ0) is 19.2. The lowest BCUT2D eigenvalue weighted by Crippen LogP contribution is -2.59. The molecule has 1 saturated heterocycles. The Morgan fingerprint density at radius 1 is 0.929 bits per heavy atom. The molecule has 0 atom stereocenters. The van der Waals surface area contributed by atoms with Crippen LogP contribution in [0.15, 0.2) is 54.6 Å². The lowest BCUT2D eigenvalue weighted by atomic mass is 9.79. The van der Waals surface area contributed by atoms with Crippen molar-refractivity contribution in [2.24, 2.45) is 0 Å². The van der Waals surface area contributed by atoms with Crippen molar-refractivity contribution < 1.29 is 9.53 Å². The lowest BCUT2D eigenvalue weighted by Gasteiger charge is -2.48. The summed E-state index contributed by atoms with van der Waals surface area (Å²) in [5.74, 6) is 0.0241. The Morgan fingerprint density at radius 3 is 2.39 bits per heavy atom. The molecular weight excluding hydrogens is 348 g/mol. The zero-order valence-electron chi connectivity index (χ0n) is 16.5. The molecule has 28 heavy (non-hydrogen) atoms. The monoisotopic (exact) mass is 378 g/mol. The maximum atomic E-state index is 12.9. The van der Waals surface area contributed by atoms with Crippen LogP contribution in [0, 0.1) is 0 Å². The van der Waals surface area contributed by atoms with E-state index in [9.17, 15) is 4.79 Å². The van der Waals surface area contributed by atoms with Crippen LogP contribution in [0.1, 0.15) is 42.5 Å². The molecule has 0 aromatic heterocycles. The number of rotatable bonds is 5. The summed E-state index contributed by atoms with van der Waals surface area (Å²) in [4.78, 5) is 15.5. The van der Waals surface area contributed by atoms with E-state index in [-0.39, 0.29) is 11.4 Å². The summed E-state index contributed by atoms with van der Waals surface area (Å²) in [5.41, 5.74) is 3.03. The number of nitrogens with one attached hydrogen (secondary N) is 1. The number of hydrogen-bond donors (Lipinski definition) is 1. The van der Waals surface area contributed by atoms with Gasteiger partial charge in [-0.3, -0.25) is 9.69 Å². The van der Waals surface area contributed by atoms with Gasteiger partial charge in [0.15, 0.2) is 0 Å². The van der Waals surface area contributed by atoms with Gasteiger partial charge in [-0.15, -0.1) is 0 Å². The van der Waals surface area contributed by atoms with E-state index in [1.165, 1.54) is 19.3 Å². The number of carbonyl (C=O) groups excluding carboxylic acids is 1. The molecule has 4 heteroatoms. The van der Waals surface area contributed by atoms with Crippen LogP contribution in [-0.2, 0) is 4.74 Å². The third-order valence-electron chi connectivity index (χ3n) is 6.28. The summed E-state index contributed by atoms with van der Waals surface area (Å²) in [6, 6.07) is 18.1. The Bertz CT molecular complexity index is 778. The molecule has 4 nitrogen and oxygen atoms in total. The molecule has 4 rings (SSSR count). The average molecular weight is 379 g/mol. The molecule has 1 saturated carbocycles. The first-order valence-electron chi connectivity index (χ1n) is 10.5. The minimum absolute atomic E-state index is 0.0241. The Labute approximate surface area is 167 Å². The highest BCUT2D eigenvalue weighted by Gasteiger charge is 2.38. The van der Waals surface area contributed by atoms with Gasteiger partial charge in [0, 0.05) is 30.7 Å². The maximum absolute atomic E-state index is 12.9. The number of nitrogens with zero attached hydrogens (tertiary/aromatic N) is 1. The minimum atomic E-state index is 0.0241. The van der Waals surface area contributed by atoms with Crippen LogP contribution in [-0.4, -0.2) is 49.2 Å². The van der Waals surface area contributed by atoms with E-state index in [2.05, 4.69) is 28.4 Å². The average Bonchev–Trinajstić information content (AvgIpc) is 2.79. The van der Waals surface area contributed by atoms with Gasteiger partial charge < -0.3 is 10.1 Å².